The van der Waals surface area contributed by atoms with E-state index in [4.69, 9.17) is 0 Å². The van der Waals surface area contributed by atoms with E-state index in [2.05, 4.69) is 91.8 Å². The van der Waals surface area contributed by atoms with E-state index in [1.807, 2.05) is 0 Å². The van der Waals surface area contributed by atoms with Gasteiger partial charge >= 0.3 is 0 Å². The Kier molecular flexibility index (Phi) is 55.9. The Morgan fingerprint density at radius 3 is 0.750 bits per heavy atom. The average molecular weight is 339 g/mol. The normalized spacial score (nSPS) is 13.0. The number of allylic oxidation sites excluding steroid dienone is 6. The molecule has 2 aliphatic rings. The molecule has 0 saturated heterocycles. The molecule has 0 heteroatoms. The van der Waals surface area contributed by atoms with E-state index in [-0.39, 0.29) is 0 Å². The van der Waals surface area contributed by atoms with Gasteiger partial charge in [0.05, 0.1) is 0 Å². The van der Waals surface area contributed by atoms with Crippen LogP contribution in [0.3, 0.4) is 0 Å². The smallest absolute Gasteiger partial charge is 0.0313 e. The molecule has 0 atom stereocenters. The van der Waals surface area contributed by atoms with Crippen LogP contribution in [-0.4, -0.2) is 0 Å². The van der Waals surface area contributed by atoms with E-state index in [1.54, 1.807) is 0 Å². The summed E-state index contributed by atoms with van der Waals surface area (Å²) >= 11 is 0. The predicted molar refractivity (Wildman–Crippen MR) is 119 cm³/mol. The Morgan fingerprint density at radius 2 is 0.667 bits per heavy atom. The van der Waals surface area contributed by atoms with Crippen LogP contribution in [0.15, 0.2) is 36.5 Å². The van der Waals surface area contributed by atoms with Crippen LogP contribution in [0, 0.1) is 0 Å². The van der Waals surface area contributed by atoms with Crippen LogP contribution in [-0.2, 0) is 0 Å². The zero-order valence-electron chi connectivity index (χ0n) is 18.5. The molecule has 0 fully saturated rings. The molecule has 2 rings (SSSR count). The first-order valence-corrected chi connectivity index (χ1v) is 10.6. The highest BCUT2D eigenvalue weighted by Crippen LogP contribution is 2.07. The third-order valence-corrected chi connectivity index (χ3v) is 2.04. The molecule has 0 amide bonds. The van der Waals surface area contributed by atoms with Gasteiger partial charge < -0.3 is 0 Å². The van der Waals surface area contributed by atoms with E-state index in [0.29, 0.717) is 0 Å². The van der Waals surface area contributed by atoms with Gasteiger partial charge in [0.1, 0.15) is 0 Å². The molecule has 0 aliphatic heterocycles. The van der Waals surface area contributed by atoms with E-state index in [1.165, 1.54) is 64.2 Å². The summed E-state index contributed by atoms with van der Waals surface area (Å²) in [7, 11) is 0. The molecule has 0 aromatic carbocycles. The SMILES string of the molecule is C1=CCCC=C1.C1=CCCCC1.CCC.CCC.CCC.CCC. The fourth-order valence-corrected chi connectivity index (χ4v) is 1.30. The van der Waals surface area contributed by atoms with Gasteiger partial charge in [0.25, 0.3) is 0 Å². The highest BCUT2D eigenvalue weighted by atomic mass is 13.9. The summed E-state index contributed by atoms with van der Waals surface area (Å²) in [6.07, 6.45) is 26.0. The number of rotatable bonds is 0. The topological polar surface area (TPSA) is 0 Å². The van der Waals surface area contributed by atoms with E-state index < -0.39 is 0 Å². The van der Waals surface area contributed by atoms with Gasteiger partial charge in [-0.15, -0.1) is 0 Å². The molecule has 0 saturated carbocycles. The van der Waals surface area contributed by atoms with Gasteiger partial charge in [-0.25, -0.2) is 0 Å². The van der Waals surface area contributed by atoms with Gasteiger partial charge in [-0.05, 0) is 38.5 Å². The fraction of sp³-hybridized carbons (Fsp3) is 0.750. The summed E-state index contributed by atoms with van der Waals surface area (Å²) in [6.45, 7) is 17.0. The Labute approximate surface area is 156 Å². The highest BCUT2D eigenvalue weighted by molar-refractivity contribution is 5.07. The van der Waals surface area contributed by atoms with Crippen molar-refractivity contribution in [3.05, 3.63) is 36.5 Å². The molecule has 2 aliphatic carbocycles. The quantitative estimate of drug-likeness (QED) is 0.385. The molecule has 0 bridgehead atoms. The van der Waals surface area contributed by atoms with Crippen LogP contribution in [0.4, 0.5) is 0 Å². The van der Waals surface area contributed by atoms with Crippen molar-refractivity contribution < 1.29 is 0 Å². The Bertz CT molecular complexity index is 192. The fourth-order valence-electron chi connectivity index (χ4n) is 1.30. The molecule has 0 heterocycles. The standard InChI is InChI=1S/C6H10.C6H8.4C3H8/c2*1-2-4-6-5-3-1;4*1-3-2/h1-2H,3-6H2;1-4H,5-6H2;4*3H2,1-2H3. The molecular formula is C24H50. The minimum Gasteiger partial charge on any atom is -0.0885 e. The molecule has 0 unspecified atom stereocenters. The lowest BCUT2D eigenvalue weighted by Gasteiger charge is -1.97. The van der Waals surface area contributed by atoms with Crippen LogP contribution >= 0.6 is 0 Å². The Balaban J connectivity index is -0.000000105. The van der Waals surface area contributed by atoms with Gasteiger partial charge in [0.2, 0.25) is 0 Å². The molecule has 146 valence electrons. The lowest BCUT2D eigenvalue weighted by molar-refractivity contribution is 0.730. The van der Waals surface area contributed by atoms with Crippen LogP contribution in [0.2, 0.25) is 0 Å². The molecule has 0 spiro atoms. The van der Waals surface area contributed by atoms with Gasteiger partial charge in [0.15, 0.2) is 0 Å². The van der Waals surface area contributed by atoms with Crippen molar-refractivity contribution in [3.8, 4) is 0 Å². The second kappa shape index (κ2) is 43.2. The summed E-state index contributed by atoms with van der Waals surface area (Å²) in [6, 6.07) is 0. The second-order valence-corrected chi connectivity index (χ2v) is 6.02. The van der Waals surface area contributed by atoms with Crippen molar-refractivity contribution in [2.45, 2.75) is 120 Å². The lowest BCUT2D eigenvalue weighted by atomic mass is 10.1. The summed E-state index contributed by atoms with van der Waals surface area (Å²) in [5.41, 5.74) is 0. The van der Waals surface area contributed by atoms with E-state index in [0.717, 1.165) is 0 Å². The molecule has 0 radical (unpaired) electrons. The van der Waals surface area contributed by atoms with E-state index >= 15 is 0 Å². The highest BCUT2D eigenvalue weighted by Gasteiger charge is 1.87. The van der Waals surface area contributed by atoms with Gasteiger partial charge in [-0.2, -0.15) is 0 Å². The molecule has 24 heavy (non-hydrogen) atoms. The van der Waals surface area contributed by atoms with Crippen molar-refractivity contribution >= 4 is 0 Å². The van der Waals surface area contributed by atoms with Crippen molar-refractivity contribution in [2.75, 3.05) is 0 Å². The number of hydrogen-bond donors (Lipinski definition) is 0. The lowest BCUT2D eigenvalue weighted by Crippen LogP contribution is -1.77. The second-order valence-electron chi connectivity index (χ2n) is 6.02. The van der Waals surface area contributed by atoms with E-state index in [9.17, 15) is 0 Å². The maximum absolute atomic E-state index is 2.27. The monoisotopic (exact) mass is 338 g/mol. The Hall–Kier alpha value is -0.780. The minimum atomic E-state index is 1.23. The third-order valence-electron chi connectivity index (χ3n) is 2.04. The van der Waals surface area contributed by atoms with Crippen molar-refractivity contribution in [2.24, 2.45) is 0 Å². The zero-order chi connectivity index (χ0) is 19.3. The summed E-state index contributed by atoms with van der Waals surface area (Å²) in [5, 5.41) is 0. The summed E-state index contributed by atoms with van der Waals surface area (Å²) < 4.78 is 0. The van der Waals surface area contributed by atoms with Crippen LogP contribution in [0.5, 0.6) is 0 Å². The molecular weight excluding hydrogens is 288 g/mol. The minimum absolute atomic E-state index is 1.23. The summed E-state index contributed by atoms with van der Waals surface area (Å²) in [5.74, 6) is 0. The molecule has 0 N–H and O–H groups in total. The predicted octanol–water partition coefficient (Wildman–Crippen LogP) is 9.67. The largest absolute Gasteiger partial charge is 0.0885 e. The van der Waals surface area contributed by atoms with Gasteiger partial charge in [-0.3, -0.25) is 0 Å². The van der Waals surface area contributed by atoms with Crippen LogP contribution < -0.4 is 0 Å². The van der Waals surface area contributed by atoms with Crippen LogP contribution in [0.25, 0.3) is 0 Å². The third kappa shape index (κ3) is 68.9. The van der Waals surface area contributed by atoms with Crippen molar-refractivity contribution in [1.29, 1.82) is 0 Å². The summed E-state index contributed by atoms with van der Waals surface area (Å²) in [4.78, 5) is 0. The van der Waals surface area contributed by atoms with Crippen molar-refractivity contribution in [3.63, 3.8) is 0 Å². The first kappa shape index (κ1) is 31.0. The van der Waals surface area contributed by atoms with Crippen LogP contribution in [0.1, 0.15) is 120 Å². The zero-order valence-corrected chi connectivity index (χ0v) is 18.5. The maximum Gasteiger partial charge on any atom is -0.0313 e. The van der Waals surface area contributed by atoms with Crippen molar-refractivity contribution in [1.82, 2.24) is 0 Å². The molecule has 0 aromatic rings. The van der Waals surface area contributed by atoms with Gasteiger partial charge in [-0.1, -0.05) is 118 Å². The molecule has 0 aromatic heterocycles. The first-order chi connectivity index (χ1) is 11.7. The first-order valence-electron chi connectivity index (χ1n) is 10.6. The maximum atomic E-state index is 2.27. The molecule has 0 nitrogen and oxygen atoms in total. The number of hydrogen-bond acceptors (Lipinski definition) is 0. The average Bonchev–Trinajstić information content (AvgIpc) is 2.61. The Morgan fingerprint density at radius 1 is 0.417 bits per heavy atom. The van der Waals surface area contributed by atoms with Gasteiger partial charge in [0, 0.05) is 0 Å².